The van der Waals surface area contributed by atoms with Crippen LogP contribution in [0.1, 0.15) is 19.3 Å². The molecule has 3 rings (SSSR count). The molecule has 2 N–H and O–H groups in total. The van der Waals surface area contributed by atoms with Gasteiger partial charge in [0.2, 0.25) is 11.8 Å². The molecule has 1 aromatic carbocycles. The van der Waals surface area contributed by atoms with Crippen molar-refractivity contribution in [3.05, 3.63) is 24.3 Å². The normalized spacial score (nSPS) is 24.7. The predicted octanol–water partition coefficient (Wildman–Crippen LogP) is 1.04. The molecule has 2 saturated heterocycles. The first-order chi connectivity index (χ1) is 10.6. The first-order valence-electron chi connectivity index (χ1n) is 7.62. The van der Waals surface area contributed by atoms with E-state index in [9.17, 15) is 14.7 Å². The molecule has 2 heterocycles. The molecule has 2 fully saturated rings. The van der Waals surface area contributed by atoms with Gasteiger partial charge in [0.25, 0.3) is 0 Å². The molecule has 6 nitrogen and oxygen atoms in total. The maximum atomic E-state index is 12.2. The minimum atomic E-state index is -0.331. The van der Waals surface area contributed by atoms with Crippen LogP contribution >= 0.6 is 0 Å². The highest BCUT2D eigenvalue weighted by Crippen LogP contribution is 2.26. The Morgan fingerprint density at radius 1 is 1.36 bits per heavy atom. The summed E-state index contributed by atoms with van der Waals surface area (Å²) in [5.41, 5.74) is 0.706. The Morgan fingerprint density at radius 3 is 2.82 bits per heavy atom. The van der Waals surface area contributed by atoms with E-state index in [1.54, 1.807) is 17.0 Å². The van der Waals surface area contributed by atoms with Gasteiger partial charge in [-0.1, -0.05) is 0 Å². The van der Waals surface area contributed by atoms with Gasteiger partial charge in [0, 0.05) is 31.8 Å². The zero-order chi connectivity index (χ0) is 15.5. The topological polar surface area (TPSA) is 78.9 Å². The number of ether oxygens (including phenoxy) is 1. The van der Waals surface area contributed by atoms with Crippen LogP contribution in [0.25, 0.3) is 0 Å². The van der Waals surface area contributed by atoms with Crippen molar-refractivity contribution < 1.29 is 19.4 Å². The minimum absolute atomic E-state index is 0.0667. The van der Waals surface area contributed by atoms with Gasteiger partial charge < -0.3 is 20.1 Å². The van der Waals surface area contributed by atoms with Gasteiger partial charge in [-0.15, -0.1) is 0 Å². The average Bonchev–Trinajstić information content (AvgIpc) is 3.15. The van der Waals surface area contributed by atoms with Crippen molar-refractivity contribution in [2.24, 2.45) is 5.92 Å². The molecule has 0 radical (unpaired) electrons. The van der Waals surface area contributed by atoms with E-state index in [2.05, 4.69) is 5.32 Å². The highest BCUT2D eigenvalue weighted by Gasteiger charge is 2.35. The zero-order valence-corrected chi connectivity index (χ0v) is 12.3. The Balaban J connectivity index is 1.56. The SMILES string of the molecule is O=C(NC[C@H]1CCCO1)[C@H]1CC(=O)N(c2ccc(O)cc2)C1. The summed E-state index contributed by atoms with van der Waals surface area (Å²) in [6.07, 6.45) is 2.34. The van der Waals surface area contributed by atoms with Gasteiger partial charge in [-0.25, -0.2) is 0 Å². The van der Waals surface area contributed by atoms with Gasteiger partial charge in [0.1, 0.15) is 5.75 Å². The van der Waals surface area contributed by atoms with E-state index >= 15 is 0 Å². The molecular formula is C16H20N2O4. The Hall–Kier alpha value is -2.08. The molecule has 1 aromatic rings. The lowest BCUT2D eigenvalue weighted by Gasteiger charge is -2.17. The molecule has 0 aliphatic carbocycles. The number of hydrogen-bond acceptors (Lipinski definition) is 4. The summed E-state index contributed by atoms with van der Waals surface area (Å²) >= 11 is 0. The zero-order valence-electron chi connectivity index (χ0n) is 12.3. The van der Waals surface area contributed by atoms with E-state index in [0.717, 1.165) is 19.4 Å². The smallest absolute Gasteiger partial charge is 0.227 e. The largest absolute Gasteiger partial charge is 0.508 e. The number of phenolic OH excluding ortho intramolecular Hbond substituents is 1. The standard InChI is InChI=1S/C16H20N2O4/c19-13-5-3-12(4-6-13)18-10-11(8-15(18)20)16(21)17-9-14-2-1-7-22-14/h3-6,11,14,19H,1-2,7-10H2,(H,17,21)/t11-,14+/m0/s1. The molecule has 0 unspecified atom stereocenters. The molecule has 0 aromatic heterocycles. The monoisotopic (exact) mass is 304 g/mol. The molecule has 0 bridgehead atoms. The van der Waals surface area contributed by atoms with Crippen LogP contribution < -0.4 is 10.2 Å². The first-order valence-corrected chi connectivity index (χ1v) is 7.62. The lowest BCUT2D eigenvalue weighted by molar-refractivity contribution is -0.126. The number of nitrogens with zero attached hydrogens (tertiary/aromatic N) is 1. The number of carbonyl (C=O) groups excluding carboxylic acids is 2. The lowest BCUT2D eigenvalue weighted by atomic mass is 10.1. The van der Waals surface area contributed by atoms with Crippen LogP contribution in [0.5, 0.6) is 5.75 Å². The highest BCUT2D eigenvalue weighted by molar-refractivity contribution is 6.00. The fourth-order valence-electron chi connectivity index (χ4n) is 2.93. The number of phenols is 1. The van der Waals surface area contributed by atoms with Crippen molar-refractivity contribution in [1.29, 1.82) is 0 Å². The van der Waals surface area contributed by atoms with Crippen molar-refractivity contribution in [2.45, 2.75) is 25.4 Å². The number of anilines is 1. The molecule has 2 aliphatic rings. The van der Waals surface area contributed by atoms with Crippen LogP contribution in [0.2, 0.25) is 0 Å². The molecule has 2 atom stereocenters. The van der Waals surface area contributed by atoms with Crippen molar-refractivity contribution in [3.8, 4) is 5.75 Å². The summed E-state index contributed by atoms with van der Waals surface area (Å²) in [5.74, 6) is -0.336. The lowest BCUT2D eigenvalue weighted by Crippen LogP contribution is -2.37. The molecular weight excluding hydrogens is 284 g/mol. The van der Waals surface area contributed by atoms with E-state index < -0.39 is 0 Å². The second-order valence-corrected chi connectivity index (χ2v) is 5.80. The maximum absolute atomic E-state index is 12.2. The molecule has 118 valence electrons. The third-order valence-corrected chi connectivity index (χ3v) is 4.19. The Kier molecular flexibility index (Phi) is 4.29. The van der Waals surface area contributed by atoms with Crippen LogP contribution in [0, 0.1) is 5.92 Å². The third kappa shape index (κ3) is 3.22. The highest BCUT2D eigenvalue weighted by atomic mass is 16.5. The Bertz CT molecular complexity index is 552. The second kappa shape index (κ2) is 6.36. The Labute approximate surface area is 129 Å². The summed E-state index contributed by atoms with van der Waals surface area (Å²) in [6, 6.07) is 6.43. The Morgan fingerprint density at radius 2 is 2.14 bits per heavy atom. The molecule has 0 spiro atoms. The minimum Gasteiger partial charge on any atom is -0.508 e. The molecule has 2 aliphatic heterocycles. The quantitative estimate of drug-likeness (QED) is 0.871. The predicted molar refractivity (Wildman–Crippen MR) is 80.6 cm³/mol. The van der Waals surface area contributed by atoms with Crippen molar-refractivity contribution in [2.75, 3.05) is 24.6 Å². The first kappa shape index (κ1) is 14.8. The number of nitrogens with one attached hydrogen (secondary N) is 1. The number of aromatic hydroxyl groups is 1. The van der Waals surface area contributed by atoms with Gasteiger partial charge in [0.15, 0.2) is 0 Å². The fourth-order valence-corrected chi connectivity index (χ4v) is 2.93. The summed E-state index contributed by atoms with van der Waals surface area (Å²) < 4.78 is 5.47. The van der Waals surface area contributed by atoms with Crippen molar-refractivity contribution in [3.63, 3.8) is 0 Å². The van der Waals surface area contributed by atoms with Crippen LogP contribution in [-0.4, -0.2) is 42.7 Å². The summed E-state index contributed by atoms with van der Waals surface area (Å²) in [6.45, 7) is 1.65. The van der Waals surface area contributed by atoms with Gasteiger partial charge in [-0.3, -0.25) is 9.59 Å². The molecule has 2 amide bonds. The summed E-state index contributed by atoms with van der Waals surface area (Å²) in [5, 5.41) is 12.2. The fraction of sp³-hybridized carbons (Fsp3) is 0.500. The second-order valence-electron chi connectivity index (χ2n) is 5.80. The number of rotatable bonds is 4. The van der Waals surface area contributed by atoms with Crippen LogP contribution in [-0.2, 0) is 14.3 Å². The number of amides is 2. The van der Waals surface area contributed by atoms with E-state index in [0.29, 0.717) is 18.8 Å². The van der Waals surface area contributed by atoms with Gasteiger partial charge >= 0.3 is 0 Å². The summed E-state index contributed by atoms with van der Waals surface area (Å²) in [4.78, 5) is 25.9. The molecule has 22 heavy (non-hydrogen) atoms. The summed E-state index contributed by atoms with van der Waals surface area (Å²) in [7, 11) is 0. The number of hydrogen-bond donors (Lipinski definition) is 2. The molecule has 0 saturated carbocycles. The number of carbonyl (C=O) groups is 2. The van der Waals surface area contributed by atoms with E-state index in [1.165, 1.54) is 12.1 Å². The van der Waals surface area contributed by atoms with E-state index in [1.807, 2.05) is 0 Å². The van der Waals surface area contributed by atoms with E-state index in [-0.39, 0.29) is 36.0 Å². The van der Waals surface area contributed by atoms with Gasteiger partial charge in [-0.05, 0) is 37.1 Å². The van der Waals surface area contributed by atoms with Crippen LogP contribution in [0.4, 0.5) is 5.69 Å². The molecule has 6 heteroatoms. The third-order valence-electron chi connectivity index (χ3n) is 4.19. The van der Waals surface area contributed by atoms with Crippen molar-refractivity contribution in [1.82, 2.24) is 5.32 Å². The van der Waals surface area contributed by atoms with Crippen LogP contribution in [0.3, 0.4) is 0 Å². The van der Waals surface area contributed by atoms with Crippen LogP contribution in [0.15, 0.2) is 24.3 Å². The van der Waals surface area contributed by atoms with E-state index in [4.69, 9.17) is 4.74 Å². The maximum Gasteiger partial charge on any atom is 0.227 e. The number of benzene rings is 1. The van der Waals surface area contributed by atoms with Crippen molar-refractivity contribution >= 4 is 17.5 Å². The van der Waals surface area contributed by atoms with Gasteiger partial charge in [0.05, 0.1) is 12.0 Å². The average molecular weight is 304 g/mol. The van der Waals surface area contributed by atoms with Gasteiger partial charge in [-0.2, -0.15) is 0 Å².